The third kappa shape index (κ3) is 5.33. The molecule has 0 aliphatic carbocycles. The van der Waals surface area contributed by atoms with Crippen LogP contribution in [0.4, 0.5) is 0 Å². The van der Waals surface area contributed by atoms with E-state index in [1.807, 2.05) is 34.6 Å². The highest BCUT2D eigenvalue weighted by molar-refractivity contribution is 7.85. The Morgan fingerprint density at radius 1 is 0.966 bits per heavy atom. The van der Waals surface area contributed by atoms with E-state index >= 15 is 0 Å². The van der Waals surface area contributed by atoms with Crippen molar-refractivity contribution < 1.29 is 36.7 Å². The Bertz CT molecular complexity index is 823. The molecule has 0 radical (unpaired) electrons. The van der Waals surface area contributed by atoms with Crippen LogP contribution in [0.25, 0.3) is 0 Å². The molecule has 3 fully saturated rings. The molecule has 10 heteroatoms. The zero-order chi connectivity index (χ0) is 21.6. The second kappa shape index (κ2) is 7.86. The highest BCUT2D eigenvalue weighted by atomic mass is 32.2. The van der Waals surface area contributed by atoms with Gasteiger partial charge >= 0.3 is 0 Å². The highest BCUT2D eigenvalue weighted by Crippen LogP contribution is 2.40. The lowest BCUT2D eigenvalue weighted by atomic mass is 10.1. The molecule has 1 aromatic rings. The molecule has 3 saturated heterocycles. The molecule has 164 valence electrons. The fourth-order valence-corrected chi connectivity index (χ4v) is 4.03. The number of nitrogens with two attached hydrogens (primary N) is 1. The first-order valence-electron chi connectivity index (χ1n) is 9.40. The van der Waals surface area contributed by atoms with Crippen LogP contribution in [0.2, 0.25) is 0 Å². The number of aryl methyl sites for hydroxylation is 1. The van der Waals surface area contributed by atoms with Crippen LogP contribution >= 0.6 is 0 Å². The average Bonchev–Trinajstić information content (AvgIpc) is 3.19. The minimum absolute atomic E-state index is 0.0666. The van der Waals surface area contributed by atoms with Gasteiger partial charge in [-0.2, -0.15) is 8.42 Å². The minimum atomic E-state index is -4.02. The van der Waals surface area contributed by atoms with E-state index in [0.29, 0.717) is 6.61 Å². The van der Waals surface area contributed by atoms with Crippen molar-refractivity contribution in [2.24, 2.45) is 5.73 Å². The van der Waals surface area contributed by atoms with Gasteiger partial charge in [0.1, 0.15) is 30.6 Å². The predicted molar refractivity (Wildman–Crippen MR) is 103 cm³/mol. The molecular weight excluding hydrogens is 402 g/mol. The maximum Gasteiger partial charge on any atom is 0.294 e. The number of rotatable bonds is 2. The largest absolute Gasteiger partial charge is 0.352 e. The number of ether oxygens (including phenoxy) is 5. The van der Waals surface area contributed by atoms with E-state index in [0.717, 1.165) is 5.56 Å². The summed E-state index contributed by atoms with van der Waals surface area (Å²) in [6, 6.07) is 5.99. The van der Waals surface area contributed by atoms with Crippen LogP contribution < -0.4 is 5.73 Å². The number of fused-ring (bicyclic) bond motifs is 1. The van der Waals surface area contributed by atoms with Crippen LogP contribution in [0.1, 0.15) is 33.3 Å². The van der Waals surface area contributed by atoms with Gasteiger partial charge in [0, 0.05) is 0 Å². The Kier molecular flexibility index (Phi) is 6.12. The summed E-state index contributed by atoms with van der Waals surface area (Å²) in [7, 11) is -4.02. The van der Waals surface area contributed by atoms with Crippen LogP contribution in [0.15, 0.2) is 29.2 Å². The average molecular weight is 432 g/mol. The monoisotopic (exact) mass is 431 g/mol. The van der Waals surface area contributed by atoms with Gasteiger partial charge in [-0.15, -0.1) is 0 Å². The zero-order valence-corrected chi connectivity index (χ0v) is 18.0. The van der Waals surface area contributed by atoms with Crippen LogP contribution in [0, 0.1) is 6.92 Å². The highest BCUT2D eigenvalue weighted by Gasteiger charge is 2.58. The first-order chi connectivity index (χ1) is 13.3. The van der Waals surface area contributed by atoms with Crippen LogP contribution in [0.5, 0.6) is 0 Å². The topological polar surface area (TPSA) is 127 Å². The number of hydrogen-bond acceptors (Lipinski definition) is 8. The van der Waals surface area contributed by atoms with Gasteiger partial charge in [0.05, 0.1) is 11.5 Å². The summed E-state index contributed by atoms with van der Waals surface area (Å²) in [5.74, 6) is -1.20. The van der Waals surface area contributed by atoms with Gasteiger partial charge in [0.25, 0.3) is 10.1 Å². The lowest BCUT2D eigenvalue weighted by Gasteiger charge is -2.26. The van der Waals surface area contributed by atoms with Gasteiger partial charge in [0.15, 0.2) is 11.6 Å². The quantitative estimate of drug-likeness (QED) is 0.671. The van der Waals surface area contributed by atoms with E-state index in [4.69, 9.17) is 34.0 Å². The first-order valence-corrected chi connectivity index (χ1v) is 10.8. The van der Waals surface area contributed by atoms with E-state index in [9.17, 15) is 8.42 Å². The molecule has 0 aromatic heterocycles. The Balaban J connectivity index is 0.000000188. The maximum absolute atomic E-state index is 10.5. The van der Waals surface area contributed by atoms with Crippen molar-refractivity contribution >= 4 is 10.1 Å². The van der Waals surface area contributed by atoms with Gasteiger partial charge in [-0.25, -0.2) is 0 Å². The summed E-state index contributed by atoms with van der Waals surface area (Å²) < 4.78 is 58.3. The Morgan fingerprint density at radius 2 is 1.55 bits per heavy atom. The summed E-state index contributed by atoms with van der Waals surface area (Å²) in [6.45, 7) is 9.85. The molecule has 4 rings (SSSR count). The summed E-state index contributed by atoms with van der Waals surface area (Å²) in [5, 5.41) is 0. The summed E-state index contributed by atoms with van der Waals surface area (Å²) >= 11 is 0. The molecule has 3 aliphatic rings. The molecule has 0 bridgehead atoms. The third-order valence-electron chi connectivity index (χ3n) is 4.84. The van der Waals surface area contributed by atoms with Gasteiger partial charge < -0.3 is 29.4 Å². The molecular formula is C19H29NO8S. The lowest BCUT2D eigenvalue weighted by molar-refractivity contribution is -0.205. The van der Waals surface area contributed by atoms with E-state index in [-0.39, 0.29) is 29.3 Å². The summed E-state index contributed by atoms with van der Waals surface area (Å²) in [6.07, 6.45) is -1.32. The second-order valence-corrected chi connectivity index (χ2v) is 9.71. The van der Waals surface area contributed by atoms with E-state index < -0.39 is 27.9 Å². The van der Waals surface area contributed by atoms with Crippen molar-refractivity contribution in [1.82, 2.24) is 0 Å². The fraction of sp³-hybridized carbons (Fsp3) is 0.684. The first kappa shape index (κ1) is 22.6. The van der Waals surface area contributed by atoms with Crippen molar-refractivity contribution in [3.8, 4) is 0 Å². The molecule has 29 heavy (non-hydrogen) atoms. The van der Waals surface area contributed by atoms with Crippen molar-refractivity contribution in [2.45, 2.75) is 81.7 Å². The Labute approximate surface area is 171 Å². The van der Waals surface area contributed by atoms with Gasteiger partial charge in [-0.3, -0.25) is 4.55 Å². The maximum atomic E-state index is 10.5. The minimum Gasteiger partial charge on any atom is -0.352 e. The van der Waals surface area contributed by atoms with E-state index in [1.165, 1.54) is 12.1 Å². The van der Waals surface area contributed by atoms with Crippen LogP contribution in [-0.4, -0.2) is 61.8 Å². The molecule has 9 nitrogen and oxygen atoms in total. The van der Waals surface area contributed by atoms with E-state index in [2.05, 4.69) is 0 Å². The molecule has 0 amide bonds. The molecule has 3 N–H and O–H groups in total. The molecule has 0 spiro atoms. The van der Waals surface area contributed by atoms with Crippen LogP contribution in [-0.2, 0) is 33.8 Å². The Morgan fingerprint density at radius 3 is 2.07 bits per heavy atom. The normalized spacial score (nSPS) is 35.1. The smallest absolute Gasteiger partial charge is 0.294 e. The third-order valence-corrected chi connectivity index (χ3v) is 5.71. The number of benzene rings is 1. The standard InChI is InChI=1S/C12H21NO5.C7H8O3S/c1-11(2)14-5-6(16-11)7-8-9(10(13)15-7)18-12(3,4)17-8;1-6-2-4-7(5-3-6)11(8,9)10/h6-10H,5,13H2,1-4H3;2-5H,1H3,(H,8,9,10)/t6-,7-,8+,9+,10?;/m1./s1. The summed E-state index contributed by atoms with van der Waals surface area (Å²) in [5.41, 5.74) is 6.90. The van der Waals surface area contributed by atoms with Gasteiger partial charge in [0.2, 0.25) is 0 Å². The Hall–Kier alpha value is -1.11. The van der Waals surface area contributed by atoms with E-state index in [1.54, 1.807) is 12.1 Å². The van der Waals surface area contributed by atoms with Crippen molar-refractivity contribution in [1.29, 1.82) is 0 Å². The van der Waals surface area contributed by atoms with Crippen LogP contribution in [0.3, 0.4) is 0 Å². The molecule has 1 aromatic carbocycles. The lowest BCUT2D eigenvalue weighted by Crippen LogP contribution is -2.40. The van der Waals surface area contributed by atoms with Crippen molar-refractivity contribution in [3.63, 3.8) is 0 Å². The summed E-state index contributed by atoms with van der Waals surface area (Å²) in [4.78, 5) is -0.0666. The molecule has 3 aliphatic heterocycles. The SMILES string of the molecule is CC1(C)O[C@H]2[C@@H]([C@H]3COC(C)(C)O3)OC(N)[C@H]2O1.Cc1ccc(S(=O)(=O)O)cc1. The van der Waals surface area contributed by atoms with Crippen molar-refractivity contribution in [2.75, 3.05) is 6.61 Å². The second-order valence-electron chi connectivity index (χ2n) is 8.29. The number of hydrogen-bond donors (Lipinski definition) is 2. The molecule has 3 heterocycles. The zero-order valence-electron chi connectivity index (χ0n) is 17.2. The van der Waals surface area contributed by atoms with Crippen molar-refractivity contribution in [3.05, 3.63) is 29.8 Å². The predicted octanol–water partition coefficient (Wildman–Crippen LogP) is 1.58. The van der Waals surface area contributed by atoms with Gasteiger partial charge in [-0.1, -0.05) is 17.7 Å². The molecule has 5 atom stereocenters. The fourth-order valence-electron chi connectivity index (χ4n) is 3.55. The van der Waals surface area contributed by atoms with Gasteiger partial charge in [-0.05, 0) is 46.8 Å². The molecule has 1 unspecified atom stereocenters. The molecule has 0 saturated carbocycles.